The van der Waals surface area contributed by atoms with Crippen molar-refractivity contribution >= 4 is 5.91 Å². The quantitative estimate of drug-likeness (QED) is 0.880. The number of rotatable bonds is 5. The number of hydrogen-bond acceptors (Lipinski definition) is 4. The van der Waals surface area contributed by atoms with Gasteiger partial charge in [-0.3, -0.25) is 9.48 Å². The number of hydrogen-bond donors (Lipinski definition) is 1. The van der Waals surface area contributed by atoms with Gasteiger partial charge in [0.15, 0.2) is 5.69 Å². The largest absolute Gasteiger partial charge is 0.395 e. The number of likely N-dealkylation sites (tertiary alicyclic amines) is 1. The molecule has 1 aliphatic heterocycles. The predicted octanol–water partition coefficient (Wildman–Crippen LogP) is 1.70. The van der Waals surface area contributed by atoms with E-state index in [1.807, 2.05) is 9.58 Å². The first kappa shape index (κ1) is 18.4. The van der Waals surface area contributed by atoms with Crippen LogP contribution in [0.4, 0.5) is 0 Å². The third kappa shape index (κ3) is 3.90. The normalized spacial score (nSPS) is 21.3. The first-order chi connectivity index (χ1) is 12.2. The van der Waals surface area contributed by atoms with E-state index in [-0.39, 0.29) is 12.5 Å². The Kier molecular flexibility index (Phi) is 6.12. The van der Waals surface area contributed by atoms with Gasteiger partial charge in [-0.2, -0.15) is 5.10 Å². The average Bonchev–Trinajstić information content (AvgIpc) is 2.80. The fraction of sp³-hybridized carbons (Fsp3) is 0.789. The summed E-state index contributed by atoms with van der Waals surface area (Å²) in [5.41, 5.74) is 3.08. The Balaban J connectivity index is 1.85. The summed E-state index contributed by atoms with van der Waals surface area (Å²) in [6.45, 7) is 5.48. The molecular formula is C19H32N4O2. The molecule has 1 N–H and O–H groups in total. The molecule has 1 amide bonds. The lowest BCUT2D eigenvalue weighted by molar-refractivity contribution is 0.0752. The van der Waals surface area contributed by atoms with Gasteiger partial charge >= 0.3 is 0 Å². The van der Waals surface area contributed by atoms with Crippen LogP contribution in [0.25, 0.3) is 0 Å². The van der Waals surface area contributed by atoms with Crippen LogP contribution in [0.15, 0.2) is 0 Å². The summed E-state index contributed by atoms with van der Waals surface area (Å²) in [4.78, 5) is 17.4. The number of likely N-dealkylation sites (N-methyl/N-ethyl adjacent to an activating group) is 1. The van der Waals surface area contributed by atoms with Crippen LogP contribution in [0.5, 0.6) is 0 Å². The van der Waals surface area contributed by atoms with Crippen LogP contribution in [0.3, 0.4) is 0 Å². The molecule has 1 unspecified atom stereocenters. The Morgan fingerprint density at radius 2 is 2.00 bits per heavy atom. The first-order valence-electron chi connectivity index (χ1n) is 9.84. The molecular weight excluding hydrogens is 316 g/mol. The van der Waals surface area contributed by atoms with Crippen LogP contribution >= 0.6 is 0 Å². The Morgan fingerprint density at radius 1 is 1.28 bits per heavy atom. The Labute approximate surface area is 150 Å². The highest BCUT2D eigenvalue weighted by Crippen LogP contribution is 2.28. The summed E-state index contributed by atoms with van der Waals surface area (Å²) >= 11 is 0. The average molecular weight is 348 g/mol. The maximum atomic E-state index is 13.2. The Morgan fingerprint density at radius 3 is 2.64 bits per heavy atom. The highest BCUT2D eigenvalue weighted by Gasteiger charge is 2.32. The van der Waals surface area contributed by atoms with Crippen molar-refractivity contribution in [1.82, 2.24) is 19.6 Å². The fourth-order valence-electron chi connectivity index (χ4n) is 4.24. The minimum Gasteiger partial charge on any atom is -0.395 e. The zero-order chi connectivity index (χ0) is 17.8. The summed E-state index contributed by atoms with van der Waals surface area (Å²) in [5, 5.41) is 13.9. The number of aryl methyl sites for hydroxylation is 1. The van der Waals surface area contributed by atoms with E-state index >= 15 is 0 Å². The standard InChI is InChI=1S/C19H32N4O2/c1-3-23-17-9-8-15(21(2)12-13-24)14-16(17)18(20-23)19(25)22-10-6-4-5-7-11-22/h15,24H,3-14H2,1-2H3. The topological polar surface area (TPSA) is 61.6 Å². The SMILES string of the molecule is CCn1nc(C(=O)N2CCCCCC2)c2c1CCC(N(C)CCO)C2. The van der Waals surface area contributed by atoms with Gasteiger partial charge in [-0.25, -0.2) is 0 Å². The molecule has 1 saturated heterocycles. The van der Waals surface area contributed by atoms with Crippen LogP contribution in [0, 0.1) is 0 Å². The summed E-state index contributed by atoms with van der Waals surface area (Å²) in [7, 11) is 2.06. The number of aromatic nitrogens is 2. The monoisotopic (exact) mass is 348 g/mol. The number of amides is 1. The molecule has 3 rings (SSSR count). The zero-order valence-electron chi connectivity index (χ0n) is 15.7. The maximum absolute atomic E-state index is 13.2. The third-order valence-electron chi connectivity index (χ3n) is 5.79. The number of nitrogens with zero attached hydrogens (tertiary/aromatic N) is 4. The van der Waals surface area contributed by atoms with Crippen molar-refractivity contribution < 1.29 is 9.90 Å². The van der Waals surface area contributed by atoms with Crippen LogP contribution < -0.4 is 0 Å². The fourth-order valence-corrected chi connectivity index (χ4v) is 4.24. The van der Waals surface area contributed by atoms with Crippen LogP contribution in [0.1, 0.15) is 60.8 Å². The van der Waals surface area contributed by atoms with E-state index in [1.165, 1.54) is 18.5 Å². The molecule has 6 heteroatoms. The molecule has 1 fully saturated rings. The van der Waals surface area contributed by atoms with Crippen LogP contribution in [-0.2, 0) is 19.4 Å². The van der Waals surface area contributed by atoms with Crippen LogP contribution in [0.2, 0.25) is 0 Å². The molecule has 0 bridgehead atoms. The van der Waals surface area contributed by atoms with Gasteiger partial charge in [0, 0.05) is 43.5 Å². The summed E-state index contributed by atoms with van der Waals surface area (Å²) < 4.78 is 2.03. The van der Waals surface area contributed by atoms with Gasteiger partial charge in [-0.1, -0.05) is 12.8 Å². The number of carbonyl (C=O) groups is 1. The second-order valence-electron chi connectivity index (χ2n) is 7.40. The van der Waals surface area contributed by atoms with E-state index in [9.17, 15) is 9.90 Å². The van der Waals surface area contributed by atoms with Crippen LogP contribution in [-0.4, -0.2) is 69.9 Å². The van der Waals surface area contributed by atoms with E-state index in [4.69, 9.17) is 5.10 Å². The molecule has 0 radical (unpaired) electrons. The molecule has 1 aromatic heterocycles. The third-order valence-corrected chi connectivity index (χ3v) is 5.79. The molecule has 0 aromatic carbocycles. The molecule has 0 spiro atoms. The van der Waals surface area contributed by atoms with E-state index in [2.05, 4.69) is 18.9 Å². The minimum atomic E-state index is 0.121. The van der Waals surface area contributed by atoms with Gasteiger partial charge in [0.25, 0.3) is 5.91 Å². The van der Waals surface area contributed by atoms with Crippen molar-refractivity contribution in [3.63, 3.8) is 0 Å². The van der Waals surface area contributed by atoms with Crippen molar-refractivity contribution in [1.29, 1.82) is 0 Å². The maximum Gasteiger partial charge on any atom is 0.274 e. The van der Waals surface area contributed by atoms with E-state index in [0.29, 0.717) is 18.3 Å². The Bertz CT molecular complexity index is 590. The van der Waals surface area contributed by atoms with Crippen molar-refractivity contribution in [2.75, 3.05) is 33.3 Å². The molecule has 6 nitrogen and oxygen atoms in total. The highest BCUT2D eigenvalue weighted by atomic mass is 16.3. The van der Waals surface area contributed by atoms with Crippen molar-refractivity contribution in [3.05, 3.63) is 17.0 Å². The summed E-state index contributed by atoms with van der Waals surface area (Å²) in [5.74, 6) is 0.121. The predicted molar refractivity (Wildman–Crippen MR) is 97.8 cm³/mol. The molecule has 2 aliphatic rings. The highest BCUT2D eigenvalue weighted by molar-refractivity contribution is 5.94. The van der Waals surface area contributed by atoms with Crippen molar-refractivity contribution in [2.24, 2.45) is 0 Å². The molecule has 0 saturated carbocycles. The van der Waals surface area contributed by atoms with E-state index in [0.717, 1.165) is 57.3 Å². The van der Waals surface area contributed by atoms with E-state index < -0.39 is 0 Å². The molecule has 1 atom stereocenters. The summed E-state index contributed by atoms with van der Waals surface area (Å²) in [6.07, 6.45) is 7.53. The molecule has 140 valence electrons. The lowest BCUT2D eigenvalue weighted by Gasteiger charge is -2.31. The lowest BCUT2D eigenvalue weighted by atomic mass is 9.90. The minimum absolute atomic E-state index is 0.121. The lowest BCUT2D eigenvalue weighted by Crippen LogP contribution is -2.39. The van der Waals surface area contributed by atoms with Gasteiger partial charge in [0.2, 0.25) is 0 Å². The smallest absolute Gasteiger partial charge is 0.274 e. The first-order valence-corrected chi connectivity index (χ1v) is 9.84. The Hall–Kier alpha value is -1.40. The molecule has 1 aliphatic carbocycles. The number of aliphatic hydroxyl groups is 1. The number of aliphatic hydroxyl groups excluding tert-OH is 1. The van der Waals surface area contributed by atoms with Gasteiger partial charge < -0.3 is 14.9 Å². The second kappa shape index (κ2) is 8.32. The van der Waals surface area contributed by atoms with Gasteiger partial charge in [0.1, 0.15) is 0 Å². The summed E-state index contributed by atoms with van der Waals surface area (Å²) in [6, 6.07) is 0.379. The van der Waals surface area contributed by atoms with Gasteiger partial charge in [0.05, 0.1) is 6.61 Å². The number of fused-ring (bicyclic) bond motifs is 1. The molecule has 1 aromatic rings. The molecule has 25 heavy (non-hydrogen) atoms. The van der Waals surface area contributed by atoms with Gasteiger partial charge in [-0.15, -0.1) is 0 Å². The van der Waals surface area contributed by atoms with E-state index in [1.54, 1.807) is 0 Å². The van der Waals surface area contributed by atoms with Crippen molar-refractivity contribution in [3.8, 4) is 0 Å². The van der Waals surface area contributed by atoms with Crippen molar-refractivity contribution in [2.45, 2.75) is 64.5 Å². The second-order valence-corrected chi connectivity index (χ2v) is 7.40. The zero-order valence-corrected chi connectivity index (χ0v) is 15.7. The molecule has 2 heterocycles. The number of carbonyl (C=O) groups excluding carboxylic acids is 1. The van der Waals surface area contributed by atoms with Gasteiger partial charge in [-0.05, 0) is 46.1 Å².